The third kappa shape index (κ3) is 1.89. The number of nitrogens with one attached hydrogen (secondary N) is 1. The van der Waals surface area contributed by atoms with Crippen molar-refractivity contribution in [2.75, 3.05) is 6.54 Å². The maximum absolute atomic E-state index is 3.79. The highest BCUT2D eigenvalue weighted by Crippen LogP contribution is 2.46. The van der Waals surface area contributed by atoms with E-state index in [9.17, 15) is 0 Å². The molecule has 2 atom stereocenters. The van der Waals surface area contributed by atoms with E-state index in [0.717, 1.165) is 5.92 Å². The second kappa shape index (κ2) is 4.70. The fourth-order valence-electron chi connectivity index (χ4n) is 4.19. The van der Waals surface area contributed by atoms with Gasteiger partial charge in [-0.1, -0.05) is 38.1 Å². The van der Waals surface area contributed by atoms with Crippen molar-refractivity contribution < 1.29 is 0 Å². The van der Waals surface area contributed by atoms with Gasteiger partial charge in [0.15, 0.2) is 0 Å². The lowest BCUT2D eigenvalue weighted by molar-refractivity contribution is 0.283. The number of hydrogen-bond donors (Lipinski definition) is 1. The molecule has 98 valence electrons. The Balaban J connectivity index is 1.99. The molecule has 1 aliphatic heterocycles. The van der Waals surface area contributed by atoms with Gasteiger partial charge < -0.3 is 5.32 Å². The number of fused-ring (bicyclic) bond motifs is 2. The van der Waals surface area contributed by atoms with Crippen LogP contribution in [0.1, 0.15) is 50.7 Å². The van der Waals surface area contributed by atoms with Gasteiger partial charge in [0.25, 0.3) is 0 Å². The Bertz CT molecular complexity index is 423. The van der Waals surface area contributed by atoms with Crippen LogP contribution < -0.4 is 5.32 Å². The maximum atomic E-state index is 3.79. The Kier molecular flexibility index (Phi) is 3.19. The molecule has 2 aliphatic rings. The van der Waals surface area contributed by atoms with Gasteiger partial charge in [-0.05, 0) is 55.7 Å². The van der Waals surface area contributed by atoms with Crippen molar-refractivity contribution in [1.82, 2.24) is 5.32 Å². The topological polar surface area (TPSA) is 12.0 Å². The number of aryl methyl sites for hydroxylation is 1. The van der Waals surface area contributed by atoms with Crippen molar-refractivity contribution >= 4 is 0 Å². The van der Waals surface area contributed by atoms with Crippen molar-refractivity contribution in [3.8, 4) is 0 Å². The van der Waals surface area contributed by atoms with Crippen LogP contribution in [0.15, 0.2) is 24.3 Å². The minimum absolute atomic E-state index is 0.444. The Morgan fingerprint density at radius 3 is 2.94 bits per heavy atom. The first kappa shape index (κ1) is 12.2. The van der Waals surface area contributed by atoms with Crippen LogP contribution in [-0.2, 0) is 11.8 Å². The largest absolute Gasteiger partial charge is 0.313 e. The minimum Gasteiger partial charge on any atom is -0.313 e. The zero-order valence-electron chi connectivity index (χ0n) is 11.7. The van der Waals surface area contributed by atoms with Gasteiger partial charge in [-0.15, -0.1) is 0 Å². The molecular weight excluding hydrogens is 218 g/mol. The Labute approximate surface area is 111 Å². The van der Waals surface area contributed by atoms with E-state index in [0.29, 0.717) is 11.5 Å². The molecule has 1 aromatic rings. The van der Waals surface area contributed by atoms with Gasteiger partial charge in [0.1, 0.15) is 0 Å². The average molecular weight is 243 g/mol. The van der Waals surface area contributed by atoms with Gasteiger partial charge in [-0.3, -0.25) is 0 Å². The van der Waals surface area contributed by atoms with Crippen molar-refractivity contribution in [3.63, 3.8) is 0 Å². The molecule has 1 heterocycles. The predicted octanol–water partition coefficient (Wildman–Crippen LogP) is 3.67. The van der Waals surface area contributed by atoms with Crippen molar-refractivity contribution in [2.45, 2.75) is 57.4 Å². The molecule has 1 heteroatoms. The fraction of sp³-hybridized carbons (Fsp3) is 0.647. The van der Waals surface area contributed by atoms with E-state index in [4.69, 9.17) is 0 Å². The van der Waals surface area contributed by atoms with Crippen LogP contribution in [0.2, 0.25) is 0 Å². The second-order valence-electron chi connectivity index (χ2n) is 6.55. The van der Waals surface area contributed by atoms with Gasteiger partial charge in [-0.25, -0.2) is 0 Å². The molecule has 0 bridgehead atoms. The van der Waals surface area contributed by atoms with E-state index < -0.39 is 0 Å². The summed E-state index contributed by atoms with van der Waals surface area (Å²) in [5, 5.41) is 3.79. The molecule has 0 amide bonds. The normalized spacial score (nSPS) is 30.9. The highest BCUT2D eigenvalue weighted by Gasteiger charge is 2.45. The van der Waals surface area contributed by atoms with Crippen LogP contribution in [0.5, 0.6) is 0 Å². The Morgan fingerprint density at radius 2 is 2.11 bits per heavy atom. The molecule has 18 heavy (non-hydrogen) atoms. The molecule has 0 radical (unpaired) electrons. The molecule has 1 spiro atoms. The first-order valence-electron chi connectivity index (χ1n) is 7.54. The lowest BCUT2D eigenvalue weighted by Gasteiger charge is -2.41. The van der Waals surface area contributed by atoms with Crippen molar-refractivity contribution in [3.05, 3.63) is 35.4 Å². The molecule has 1 nitrogen and oxygen atoms in total. The monoisotopic (exact) mass is 243 g/mol. The third-order valence-electron chi connectivity index (χ3n) is 4.96. The summed E-state index contributed by atoms with van der Waals surface area (Å²) >= 11 is 0. The SMILES string of the molecule is CC(C)CC1NCCC12CCCc1ccccc12. The molecule has 3 rings (SSSR count). The number of hydrogen-bond acceptors (Lipinski definition) is 1. The van der Waals surface area contributed by atoms with E-state index in [1.807, 2.05) is 0 Å². The Morgan fingerprint density at radius 1 is 1.28 bits per heavy atom. The summed E-state index contributed by atoms with van der Waals surface area (Å²) in [6, 6.07) is 9.88. The van der Waals surface area contributed by atoms with Crippen molar-refractivity contribution in [1.29, 1.82) is 0 Å². The van der Waals surface area contributed by atoms with Crippen LogP contribution in [0.4, 0.5) is 0 Å². The van der Waals surface area contributed by atoms with Gasteiger partial charge in [0.2, 0.25) is 0 Å². The quantitative estimate of drug-likeness (QED) is 0.835. The maximum Gasteiger partial charge on any atom is 0.0167 e. The van der Waals surface area contributed by atoms with Crippen LogP contribution in [0.25, 0.3) is 0 Å². The van der Waals surface area contributed by atoms with E-state index in [1.165, 1.54) is 38.6 Å². The van der Waals surface area contributed by atoms with E-state index in [-0.39, 0.29) is 0 Å². The second-order valence-corrected chi connectivity index (χ2v) is 6.55. The lowest BCUT2D eigenvalue weighted by Crippen LogP contribution is -2.43. The zero-order chi connectivity index (χ0) is 12.6. The molecule has 0 saturated carbocycles. The van der Waals surface area contributed by atoms with Gasteiger partial charge in [0, 0.05) is 11.5 Å². The van der Waals surface area contributed by atoms with E-state index in [2.05, 4.69) is 43.4 Å². The molecule has 1 fully saturated rings. The molecule has 2 unspecified atom stereocenters. The summed E-state index contributed by atoms with van der Waals surface area (Å²) in [4.78, 5) is 0. The summed E-state index contributed by atoms with van der Waals surface area (Å²) in [7, 11) is 0. The first-order chi connectivity index (χ1) is 8.72. The Hall–Kier alpha value is -0.820. The third-order valence-corrected chi connectivity index (χ3v) is 4.96. The van der Waals surface area contributed by atoms with Crippen LogP contribution in [0, 0.1) is 5.92 Å². The molecule has 1 saturated heterocycles. The fourth-order valence-corrected chi connectivity index (χ4v) is 4.19. The van der Waals surface area contributed by atoms with Crippen LogP contribution in [-0.4, -0.2) is 12.6 Å². The van der Waals surface area contributed by atoms with Crippen LogP contribution in [0.3, 0.4) is 0 Å². The lowest BCUT2D eigenvalue weighted by atomic mass is 9.64. The summed E-state index contributed by atoms with van der Waals surface area (Å²) in [6.45, 7) is 5.90. The molecular formula is C17H25N. The van der Waals surface area contributed by atoms with Gasteiger partial charge >= 0.3 is 0 Å². The number of rotatable bonds is 2. The van der Waals surface area contributed by atoms with Crippen LogP contribution >= 0.6 is 0 Å². The molecule has 1 N–H and O–H groups in total. The summed E-state index contributed by atoms with van der Waals surface area (Å²) in [6.07, 6.45) is 6.68. The molecule has 1 aromatic carbocycles. The summed E-state index contributed by atoms with van der Waals surface area (Å²) in [5.74, 6) is 0.784. The van der Waals surface area contributed by atoms with E-state index >= 15 is 0 Å². The standard InChI is InChI=1S/C17H25N/c1-13(2)12-16-17(10-11-18-16)9-5-7-14-6-3-4-8-15(14)17/h3-4,6,8,13,16,18H,5,7,9-12H2,1-2H3. The minimum atomic E-state index is 0.444. The summed E-state index contributed by atoms with van der Waals surface area (Å²) in [5.41, 5.74) is 3.71. The predicted molar refractivity (Wildman–Crippen MR) is 76.9 cm³/mol. The van der Waals surface area contributed by atoms with Gasteiger partial charge in [0.05, 0.1) is 0 Å². The highest BCUT2D eigenvalue weighted by molar-refractivity contribution is 5.39. The molecule has 0 aromatic heterocycles. The highest BCUT2D eigenvalue weighted by atomic mass is 15.0. The average Bonchev–Trinajstić information content (AvgIpc) is 2.73. The summed E-state index contributed by atoms with van der Waals surface area (Å²) < 4.78 is 0. The van der Waals surface area contributed by atoms with E-state index in [1.54, 1.807) is 11.1 Å². The van der Waals surface area contributed by atoms with Crippen molar-refractivity contribution in [2.24, 2.45) is 5.92 Å². The molecule has 1 aliphatic carbocycles. The first-order valence-corrected chi connectivity index (χ1v) is 7.54. The van der Waals surface area contributed by atoms with Gasteiger partial charge in [-0.2, -0.15) is 0 Å². The smallest absolute Gasteiger partial charge is 0.0167 e. The number of benzene rings is 1. The zero-order valence-corrected chi connectivity index (χ0v) is 11.7.